The lowest BCUT2D eigenvalue weighted by Crippen LogP contribution is -2.75. The number of unbranched alkanes of at least 4 members (excludes halogenated alkanes) is 1. The van der Waals surface area contributed by atoms with Crippen LogP contribution in [0.1, 0.15) is 100 Å². The highest BCUT2D eigenvalue weighted by molar-refractivity contribution is 5.95. The van der Waals surface area contributed by atoms with Crippen molar-refractivity contribution in [1.82, 2.24) is 9.88 Å². The second-order valence-corrected chi connectivity index (χ2v) is 18.5. The summed E-state index contributed by atoms with van der Waals surface area (Å²) in [6.45, 7) is 11.9. The van der Waals surface area contributed by atoms with Crippen LogP contribution in [-0.2, 0) is 45.8 Å². The predicted octanol–water partition coefficient (Wildman–Crippen LogP) is 7.04. The molecule has 10 unspecified atom stereocenters. The van der Waals surface area contributed by atoms with E-state index >= 15 is 4.79 Å². The molecule has 330 valence electrons. The highest BCUT2D eigenvalue weighted by Gasteiger charge is 2.76. The van der Waals surface area contributed by atoms with Gasteiger partial charge >= 0.3 is 17.9 Å². The normalized spacial score (nSPS) is 32.1. The number of H-pyrrole nitrogens is 1. The topological polar surface area (TPSA) is 154 Å². The minimum absolute atomic E-state index is 0.0297. The van der Waals surface area contributed by atoms with Crippen molar-refractivity contribution in [1.29, 1.82) is 5.26 Å². The van der Waals surface area contributed by atoms with Gasteiger partial charge in [0.15, 0.2) is 0 Å². The van der Waals surface area contributed by atoms with Crippen molar-refractivity contribution in [2.75, 3.05) is 52.9 Å². The van der Waals surface area contributed by atoms with Gasteiger partial charge in [-0.25, -0.2) is 4.79 Å². The molecule has 2 fully saturated rings. The van der Waals surface area contributed by atoms with Gasteiger partial charge in [0.2, 0.25) is 5.60 Å². The van der Waals surface area contributed by atoms with Gasteiger partial charge in [0, 0.05) is 78.9 Å². The fourth-order valence-electron chi connectivity index (χ4n) is 13.4. The largest absolute Gasteiger partial charge is 0.496 e. The van der Waals surface area contributed by atoms with E-state index in [-0.39, 0.29) is 17.8 Å². The molecule has 0 radical (unpaired) electrons. The summed E-state index contributed by atoms with van der Waals surface area (Å²) >= 11 is 0. The molecule has 1 spiro atoms. The Kier molecular flexibility index (Phi) is 11.6. The molecular formula is C50H62N4O8. The number of allylic oxidation sites excluding steroid dienone is 1. The average molecular weight is 847 g/mol. The average Bonchev–Trinajstić information content (AvgIpc) is 3.92. The van der Waals surface area contributed by atoms with Crippen LogP contribution in [0.15, 0.2) is 54.6 Å². The van der Waals surface area contributed by atoms with Gasteiger partial charge in [-0.05, 0) is 111 Å². The molecule has 62 heavy (non-hydrogen) atoms. The summed E-state index contributed by atoms with van der Waals surface area (Å²) in [4.78, 5) is 50.9. The number of hydrogen-bond acceptors (Lipinski definition) is 11. The van der Waals surface area contributed by atoms with Crippen LogP contribution >= 0.6 is 0 Å². The minimum atomic E-state index is -2.25. The van der Waals surface area contributed by atoms with Crippen LogP contribution in [-0.4, -0.2) is 98.7 Å². The number of nitrogens with zero attached hydrogens (tertiary/aromatic N) is 3. The first-order chi connectivity index (χ1) is 29.8. The molecule has 5 aliphatic rings. The molecule has 4 heterocycles. The molecule has 12 nitrogen and oxygen atoms in total. The van der Waals surface area contributed by atoms with Crippen LogP contribution in [0.25, 0.3) is 10.9 Å². The maximum Gasteiger partial charge on any atom is 0.344 e. The number of hydrogen-bond donors (Lipinski definition) is 2. The Morgan fingerprint density at radius 3 is 2.53 bits per heavy atom. The highest BCUT2D eigenvalue weighted by atomic mass is 16.6. The smallest absolute Gasteiger partial charge is 0.344 e. The van der Waals surface area contributed by atoms with E-state index in [1.807, 2.05) is 43.1 Å². The molecule has 1 aromatic heterocycles. The molecule has 2 aliphatic carbocycles. The van der Waals surface area contributed by atoms with Crippen LogP contribution in [0.4, 0.5) is 5.69 Å². The number of methoxy groups -OCH3 is 3. The van der Waals surface area contributed by atoms with Crippen molar-refractivity contribution >= 4 is 34.5 Å². The van der Waals surface area contributed by atoms with E-state index < -0.39 is 52.4 Å². The molecule has 3 aromatic rings. The monoisotopic (exact) mass is 846 g/mol. The Morgan fingerprint density at radius 1 is 1.10 bits per heavy atom. The number of ether oxygens (including phenoxy) is 4. The zero-order chi connectivity index (χ0) is 44.3. The number of carbonyl (C=O) groups excluding carboxylic acids is 3. The summed E-state index contributed by atoms with van der Waals surface area (Å²) in [7, 11) is 6.20. The SMILES string of the molecule is C=CCCCC1CCC23c4cc(C5(C(=O)OC)CC6C=C(CC)CN(CCc7c5[nH]c5ccc(C#N)cc75)C6)c(OC)cc4N(C)C2C(O)(C(=O)OC)C(OC(C)=O)C(CC)C13. The zero-order valence-corrected chi connectivity index (χ0v) is 37.3. The summed E-state index contributed by atoms with van der Waals surface area (Å²) in [5, 5.41) is 24.2. The van der Waals surface area contributed by atoms with Gasteiger partial charge < -0.3 is 33.9 Å². The standard InChI is InChI=1S/C50H62N4O8/c1-9-12-13-14-33-17-19-48-37-23-38(41(59-6)24-40(37)53(5)45(48)50(58,47(57)61-8)44(62-29(4)55)34(11-3)42(33)48)49(46(56)60-7)25-32-21-30(10-2)27-54(28-32)20-18-35-36-22-31(26-51)15-16-39(36)52-43(35)49/h9,15-16,21-24,32-34,42,44-45,52,58H,1,10-14,17-20,25,27-28H2,2-8H3. The number of nitriles is 1. The van der Waals surface area contributed by atoms with E-state index in [1.165, 1.54) is 26.7 Å². The maximum absolute atomic E-state index is 15.4. The first-order valence-electron chi connectivity index (χ1n) is 22.4. The lowest BCUT2D eigenvalue weighted by atomic mass is 9.51. The first-order valence-corrected chi connectivity index (χ1v) is 22.4. The second-order valence-electron chi connectivity index (χ2n) is 18.5. The molecule has 2 aromatic carbocycles. The molecule has 2 N–H and O–H groups in total. The van der Waals surface area contributed by atoms with Crippen LogP contribution in [0.5, 0.6) is 5.75 Å². The van der Waals surface area contributed by atoms with Crippen molar-refractivity contribution in [3.63, 3.8) is 0 Å². The van der Waals surface area contributed by atoms with Crippen molar-refractivity contribution in [2.45, 2.75) is 107 Å². The predicted molar refractivity (Wildman–Crippen MR) is 236 cm³/mol. The van der Waals surface area contributed by atoms with E-state index in [2.05, 4.69) is 41.6 Å². The Morgan fingerprint density at radius 2 is 1.87 bits per heavy atom. The molecule has 2 saturated carbocycles. The van der Waals surface area contributed by atoms with E-state index in [0.29, 0.717) is 42.6 Å². The minimum Gasteiger partial charge on any atom is -0.496 e. The zero-order valence-electron chi connectivity index (χ0n) is 37.3. The number of likely N-dealkylation sites (N-methyl/N-ethyl adjacent to an activating group) is 1. The molecule has 3 aliphatic heterocycles. The summed E-state index contributed by atoms with van der Waals surface area (Å²) in [6.07, 6.45) is 9.68. The number of rotatable bonds is 11. The maximum atomic E-state index is 15.4. The van der Waals surface area contributed by atoms with Crippen LogP contribution in [0.2, 0.25) is 0 Å². The fraction of sp³-hybridized carbons (Fsp3) is 0.560. The number of aromatic nitrogens is 1. The molecule has 12 heteroatoms. The number of aliphatic hydroxyl groups is 1. The number of fused-ring (bicyclic) bond motifs is 6. The number of benzene rings is 2. The Hall–Kier alpha value is -5.12. The summed E-state index contributed by atoms with van der Waals surface area (Å²) < 4.78 is 24.0. The molecule has 10 atom stereocenters. The van der Waals surface area contributed by atoms with Crippen molar-refractivity contribution in [3.8, 4) is 11.8 Å². The van der Waals surface area contributed by atoms with Gasteiger partial charge in [-0.1, -0.05) is 31.6 Å². The third-order valence-corrected chi connectivity index (χ3v) is 15.6. The van der Waals surface area contributed by atoms with E-state index in [4.69, 9.17) is 18.9 Å². The van der Waals surface area contributed by atoms with Crippen LogP contribution in [0, 0.1) is 35.0 Å². The van der Waals surface area contributed by atoms with Gasteiger partial charge in [-0.3, -0.25) is 14.5 Å². The van der Waals surface area contributed by atoms with E-state index in [0.717, 1.165) is 85.1 Å². The number of aromatic amines is 1. The molecule has 0 amide bonds. The Balaban J connectivity index is 1.46. The van der Waals surface area contributed by atoms with Crippen molar-refractivity contribution in [3.05, 3.63) is 82.6 Å². The Labute approximate surface area is 365 Å². The molecular weight excluding hydrogens is 785 g/mol. The van der Waals surface area contributed by atoms with Gasteiger partial charge in [-0.2, -0.15) is 5.26 Å². The summed E-state index contributed by atoms with van der Waals surface area (Å²) in [5.74, 6) is -1.78. The van der Waals surface area contributed by atoms with E-state index in [1.54, 1.807) is 13.2 Å². The molecule has 2 bridgehead atoms. The number of carbonyl (C=O) groups is 3. The lowest BCUT2D eigenvalue weighted by molar-refractivity contribution is -0.218. The second kappa shape index (κ2) is 16.5. The lowest BCUT2D eigenvalue weighted by Gasteiger charge is -2.58. The molecule has 0 saturated heterocycles. The number of nitrogens with one attached hydrogen (secondary N) is 1. The summed E-state index contributed by atoms with van der Waals surface area (Å²) in [5.41, 5.74) is 2.16. The van der Waals surface area contributed by atoms with Gasteiger partial charge in [-0.15, -0.1) is 6.58 Å². The van der Waals surface area contributed by atoms with Crippen LogP contribution < -0.4 is 9.64 Å². The highest BCUT2D eigenvalue weighted by Crippen LogP contribution is 2.69. The van der Waals surface area contributed by atoms with E-state index in [9.17, 15) is 20.0 Å². The third-order valence-electron chi connectivity index (χ3n) is 15.6. The van der Waals surface area contributed by atoms with Gasteiger partial charge in [0.25, 0.3) is 0 Å². The Bertz CT molecular complexity index is 2360. The summed E-state index contributed by atoms with van der Waals surface area (Å²) in [6, 6.07) is 11.2. The molecule has 8 rings (SSSR count). The first kappa shape index (κ1) is 43.5. The quantitative estimate of drug-likeness (QED) is 0.0885. The van der Waals surface area contributed by atoms with Crippen LogP contribution in [0.3, 0.4) is 0 Å². The van der Waals surface area contributed by atoms with Gasteiger partial charge in [0.05, 0.1) is 39.0 Å². The number of anilines is 1. The van der Waals surface area contributed by atoms with Gasteiger partial charge in [0.1, 0.15) is 17.3 Å². The third kappa shape index (κ3) is 6.31. The van der Waals surface area contributed by atoms with Crippen molar-refractivity contribution in [2.24, 2.45) is 23.7 Å². The van der Waals surface area contributed by atoms with Crippen molar-refractivity contribution < 1.29 is 38.4 Å². The number of esters is 3. The fourth-order valence-corrected chi connectivity index (χ4v) is 13.4.